The van der Waals surface area contributed by atoms with Gasteiger partial charge in [0.25, 0.3) is 0 Å². The van der Waals surface area contributed by atoms with Crippen molar-refractivity contribution >= 4 is 11.6 Å². The van der Waals surface area contributed by atoms with Crippen LogP contribution in [0.5, 0.6) is 0 Å². The molecule has 0 spiro atoms. The molecule has 1 aliphatic heterocycles. The Kier molecular flexibility index (Phi) is 5.68. The molecule has 0 amide bonds. The molecule has 1 aliphatic rings. The molecule has 1 fully saturated rings. The monoisotopic (exact) mass is 281 g/mol. The minimum atomic E-state index is 0.364. The van der Waals surface area contributed by atoms with Gasteiger partial charge in [0.1, 0.15) is 0 Å². The van der Waals surface area contributed by atoms with Gasteiger partial charge in [0.15, 0.2) is 0 Å². The van der Waals surface area contributed by atoms with E-state index in [-0.39, 0.29) is 0 Å². The summed E-state index contributed by atoms with van der Waals surface area (Å²) < 4.78 is 5.79. The summed E-state index contributed by atoms with van der Waals surface area (Å²) >= 11 is 5.93. The van der Waals surface area contributed by atoms with Crippen LogP contribution >= 0.6 is 11.6 Å². The Hall–Kier alpha value is -0.570. The van der Waals surface area contributed by atoms with Crippen LogP contribution in [0.15, 0.2) is 24.3 Å². The van der Waals surface area contributed by atoms with E-state index in [9.17, 15) is 0 Å². The van der Waals surface area contributed by atoms with Crippen molar-refractivity contribution in [1.82, 2.24) is 5.32 Å². The minimum Gasteiger partial charge on any atom is -0.378 e. The fraction of sp³-hybridized carbons (Fsp3) is 0.625. The fourth-order valence-electron chi connectivity index (χ4n) is 2.76. The van der Waals surface area contributed by atoms with E-state index in [2.05, 4.69) is 31.3 Å². The van der Waals surface area contributed by atoms with Crippen molar-refractivity contribution in [2.45, 2.75) is 57.7 Å². The standard InChI is InChI=1S/C16H24ClNO/c1-3-4-16-11-15(9-10-19-16)18-12(2)13-5-7-14(17)8-6-13/h5-8,12,15-16,18H,3-4,9-11H2,1-2H3. The van der Waals surface area contributed by atoms with Crippen LogP contribution < -0.4 is 5.32 Å². The molecule has 0 aliphatic carbocycles. The summed E-state index contributed by atoms with van der Waals surface area (Å²) in [5, 5.41) is 4.52. The van der Waals surface area contributed by atoms with E-state index in [1.807, 2.05) is 12.1 Å². The van der Waals surface area contributed by atoms with Crippen LogP contribution in [-0.4, -0.2) is 18.8 Å². The molecule has 0 saturated carbocycles. The van der Waals surface area contributed by atoms with Gasteiger partial charge in [-0.2, -0.15) is 0 Å². The van der Waals surface area contributed by atoms with Crippen molar-refractivity contribution in [1.29, 1.82) is 0 Å². The molecule has 0 bridgehead atoms. The van der Waals surface area contributed by atoms with Gasteiger partial charge in [-0.25, -0.2) is 0 Å². The van der Waals surface area contributed by atoms with Gasteiger partial charge in [0.2, 0.25) is 0 Å². The molecule has 19 heavy (non-hydrogen) atoms. The maximum absolute atomic E-state index is 5.93. The second-order valence-electron chi connectivity index (χ2n) is 5.44. The summed E-state index contributed by atoms with van der Waals surface area (Å²) in [6.45, 7) is 5.32. The number of benzene rings is 1. The van der Waals surface area contributed by atoms with Crippen molar-refractivity contribution in [2.75, 3.05) is 6.61 Å². The molecule has 1 aromatic carbocycles. The van der Waals surface area contributed by atoms with Crippen LogP contribution in [-0.2, 0) is 4.74 Å². The predicted octanol–water partition coefficient (Wildman–Crippen LogP) is 4.34. The average Bonchev–Trinajstić information content (AvgIpc) is 2.40. The van der Waals surface area contributed by atoms with Gasteiger partial charge >= 0.3 is 0 Å². The number of hydrogen-bond donors (Lipinski definition) is 1. The Bertz CT molecular complexity index is 377. The van der Waals surface area contributed by atoms with Gasteiger partial charge in [-0.1, -0.05) is 37.1 Å². The first-order valence-corrected chi connectivity index (χ1v) is 7.70. The van der Waals surface area contributed by atoms with Gasteiger partial charge in [-0.3, -0.25) is 0 Å². The van der Waals surface area contributed by atoms with Gasteiger partial charge in [-0.15, -0.1) is 0 Å². The Balaban J connectivity index is 1.87. The Morgan fingerprint density at radius 3 is 2.79 bits per heavy atom. The van der Waals surface area contributed by atoms with E-state index in [1.54, 1.807) is 0 Å². The molecule has 106 valence electrons. The van der Waals surface area contributed by atoms with Crippen LogP contribution in [0.3, 0.4) is 0 Å². The first-order valence-electron chi connectivity index (χ1n) is 7.32. The maximum atomic E-state index is 5.93. The molecule has 1 saturated heterocycles. The van der Waals surface area contributed by atoms with Crippen molar-refractivity contribution in [3.63, 3.8) is 0 Å². The summed E-state index contributed by atoms with van der Waals surface area (Å²) in [6, 6.07) is 9.04. The van der Waals surface area contributed by atoms with Crippen LogP contribution in [0, 0.1) is 0 Å². The SMILES string of the molecule is CCCC1CC(NC(C)c2ccc(Cl)cc2)CCO1. The molecule has 2 rings (SSSR count). The third-order valence-corrected chi connectivity index (χ3v) is 4.09. The van der Waals surface area contributed by atoms with Gasteiger partial charge in [0, 0.05) is 23.7 Å². The Morgan fingerprint density at radius 1 is 1.37 bits per heavy atom. The number of halogens is 1. The molecule has 1 heterocycles. The number of rotatable bonds is 5. The molecular formula is C16H24ClNO. The maximum Gasteiger partial charge on any atom is 0.0589 e. The van der Waals surface area contributed by atoms with Crippen LogP contribution in [0.2, 0.25) is 5.02 Å². The lowest BCUT2D eigenvalue weighted by Crippen LogP contribution is -2.40. The van der Waals surface area contributed by atoms with Gasteiger partial charge < -0.3 is 10.1 Å². The van der Waals surface area contributed by atoms with Crippen molar-refractivity contribution in [3.8, 4) is 0 Å². The summed E-state index contributed by atoms with van der Waals surface area (Å²) in [5.74, 6) is 0. The minimum absolute atomic E-state index is 0.364. The van der Waals surface area contributed by atoms with Crippen LogP contribution in [0.4, 0.5) is 0 Å². The molecule has 0 aromatic heterocycles. The van der Waals surface area contributed by atoms with Gasteiger partial charge in [-0.05, 0) is 43.9 Å². The molecule has 3 heteroatoms. The van der Waals surface area contributed by atoms with E-state index in [0.717, 1.165) is 24.5 Å². The van der Waals surface area contributed by atoms with E-state index in [0.29, 0.717) is 18.2 Å². The second-order valence-corrected chi connectivity index (χ2v) is 5.88. The van der Waals surface area contributed by atoms with Crippen molar-refractivity contribution in [3.05, 3.63) is 34.9 Å². The highest BCUT2D eigenvalue weighted by atomic mass is 35.5. The molecular weight excluding hydrogens is 258 g/mol. The average molecular weight is 282 g/mol. The lowest BCUT2D eigenvalue weighted by molar-refractivity contribution is -0.00472. The third kappa shape index (κ3) is 4.48. The zero-order valence-electron chi connectivity index (χ0n) is 11.9. The molecule has 2 nitrogen and oxygen atoms in total. The summed E-state index contributed by atoms with van der Waals surface area (Å²) in [4.78, 5) is 0. The van der Waals surface area contributed by atoms with Crippen LogP contribution in [0.25, 0.3) is 0 Å². The van der Waals surface area contributed by atoms with E-state index >= 15 is 0 Å². The summed E-state index contributed by atoms with van der Waals surface area (Å²) in [7, 11) is 0. The highest BCUT2D eigenvalue weighted by molar-refractivity contribution is 6.30. The zero-order chi connectivity index (χ0) is 13.7. The van der Waals surface area contributed by atoms with Gasteiger partial charge in [0.05, 0.1) is 6.10 Å². The molecule has 3 atom stereocenters. The summed E-state index contributed by atoms with van der Waals surface area (Å²) in [5.41, 5.74) is 1.29. The van der Waals surface area contributed by atoms with Crippen molar-refractivity contribution < 1.29 is 4.74 Å². The highest BCUT2D eigenvalue weighted by Gasteiger charge is 2.23. The van der Waals surface area contributed by atoms with E-state index in [1.165, 1.54) is 18.4 Å². The first kappa shape index (κ1) is 14.8. The quantitative estimate of drug-likeness (QED) is 0.867. The lowest BCUT2D eigenvalue weighted by Gasteiger charge is -2.32. The predicted molar refractivity (Wildman–Crippen MR) is 80.7 cm³/mol. The lowest BCUT2D eigenvalue weighted by atomic mass is 9.98. The molecule has 1 N–H and O–H groups in total. The van der Waals surface area contributed by atoms with Crippen molar-refractivity contribution in [2.24, 2.45) is 0 Å². The summed E-state index contributed by atoms with van der Waals surface area (Å²) in [6.07, 6.45) is 5.05. The molecule has 1 aromatic rings. The zero-order valence-corrected chi connectivity index (χ0v) is 12.6. The highest BCUT2D eigenvalue weighted by Crippen LogP contribution is 2.22. The topological polar surface area (TPSA) is 21.3 Å². The third-order valence-electron chi connectivity index (χ3n) is 3.83. The number of ether oxygens (including phenoxy) is 1. The largest absolute Gasteiger partial charge is 0.378 e. The first-order chi connectivity index (χ1) is 9.19. The smallest absolute Gasteiger partial charge is 0.0589 e. The Morgan fingerprint density at radius 2 is 2.11 bits per heavy atom. The number of hydrogen-bond acceptors (Lipinski definition) is 2. The van der Waals surface area contributed by atoms with Crippen LogP contribution in [0.1, 0.15) is 51.1 Å². The van der Waals surface area contributed by atoms with E-state index < -0.39 is 0 Å². The molecule has 0 radical (unpaired) electrons. The second kappa shape index (κ2) is 7.28. The molecule has 3 unspecified atom stereocenters. The number of nitrogens with one attached hydrogen (secondary N) is 1. The Labute approximate surface area is 121 Å². The van der Waals surface area contributed by atoms with E-state index in [4.69, 9.17) is 16.3 Å². The normalized spacial score (nSPS) is 25.2. The fourth-order valence-corrected chi connectivity index (χ4v) is 2.88.